The van der Waals surface area contributed by atoms with Gasteiger partial charge in [0, 0.05) is 25.0 Å². The number of fused-ring (bicyclic) bond motifs is 1. The van der Waals surface area contributed by atoms with Crippen molar-refractivity contribution >= 4 is 17.7 Å². The summed E-state index contributed by atoms with van der Waals surface area (Å²) in [7, 11) is 1.71. The van der Waals surface area contributed by atoms with Crippen molar-refractivity contribution in [2.75, 3.05) is 25.9 Å². The van der Waals surface area contributed by atoms with Gasteiger partial charge in [0.05, 0.1) is 11.8 Å². The highest BCUT2D eigenvalue weighted by Crippen LogP contribution is 2.38. The summed E-state index contributed by atoms with van der Waals surface area (Å²) in [4.78, 5) is 15.9. The molecule has 4 unspecified atom stereocenters. The van der Waals surface area contributed by atoms with E-state index in [1.807, 2.05) is 18.2 Å². The van der Waals surface area contributed by atoms with Crippen molar-refractivity contribution in [3.63, 3.8) is 0 Å². The van der Waals surface area contributed by atoms with Gasteiger partial charge in [-0.15, -0.1) is 11.8 Å². The van der Waals surface area contributed by atoms with E-state index in [0.29, 0.717) is 18.4 Å². The van der Waals surface area contributed by atoms with Crippen LogP contribution in [0, 0.1) is 11.8 Å². The number of β-amino-alcohol motifs (C(OH)–C–C–N with tert-alkyl or cyclic N) is 1. The van der Waals surface area contributed by atoms with Gasteiger partial charge in [0.1, 0.15) is 12.1 Å². The first-order valence-corrected chi connectivity index (χ1v) is 11.2. The van der Waals surface area contributed by atoms with Crippen LogP contribution in [-0.4, -0.2) is 60.0 Å². The van der Waals surface area contributed by atoms with Crippen molar-refractivity contribution in [2.24, 2.45) is 11.8 Å². The monoisotopic (exact) mass is 392 g/mol. The van der Waals surface area contributed by atoms with E-state index in [0.717, 1.165) is 18.7 Å². The standard InChI is InChI=1S/C21H33N3O2S/c1-23-21(26)19-11-15-7-5-6-8-16(15)12-24(19)13-20(25)18(22)14-27-17-9-3-2-4-10-17/h2-4,9-10,15-16,18-20,25H,5-8,11-14,22H2,1H3,(H,23,26)/p+1/t15?,16?,18-,19?,20?/m0/s1. The highest BCUT2D eigenvalue weighted by atomic mass is 32.2. The molecule has 1 aromatic carbocycles. The molecule has 1 saturated carbocycles. The number of hydrogen-bond donors (Lipinski definition) is 3. The minimum atomic E-state index is -0.520. The van der Waals surface area contributed by atoms with Crippen LogP contribution < -0.4 is 11.1 Å². The van der Waals surface area contributed by atoms with Crippen molar-refractivity contribution in [3.8, 4) is 0 Å². The van der Waals surface area contributed by atoms with Gasteiger partial charge in [0.2, 0.25) is 5.91 Å². The van der Waals surface area contributed by atoms with E-state index in [1.165, 1.54) is 30.6 Å². The number of quaternary nitrogens is 1. The molecule has 5 nitrogen and oxygen atoms in total. The van der Waals surface area contributed by atoms with Crippen molar-refractivity contribution < 1.29 is 15.6 Å². The molecule has 0 bridgehead atoms. The Morgan fingerprint density at radius 3 is 2.70 bits per heavy atom. The second-order valence-electron chi connectivity index (χ2n) is 8.08. The average molecular weight is 393 g/mol. The number of amides is 1. The summed E-state index contributed by atoms with van der Waals surface area (Å²) in [5, 5.41) is 13.6. The number of hydrogen-bond acceptors (Lipinski definition) is 4. The Kier molecular flexibility index (Phi) is 7.58. The number of nitrogens with one attached hydrogen (secondary N) is 1. The fourth-order valence-corrected chi connectivity index (χ4v) is 5.54. The third-order valence-corrected chi connectivity index (χ3v) is 7.42. The lowest BCUT2D eigenvalue weighted by Crippen LogP contribution is -2.70. The molecule has 2 aliphatic rings. The molecule has 1 amide bonds. The Morgan fingerprint density at radius 1 is 1.30 bits per heavy atom. The predicted molar refractivity (Wildman–Crippen MR) is 109 cm³/mol. The Labute approximate surface area is 167 Å². The number of carbonyl (C=O) groups excluding carboxylic acids is 1. The van der Waals surface area contributed by atoms with E-state index < -0.39 is 6.10 Å². The Balaban J connectivity index is 1.57. The van der Waals surface area contributed by atoms with E-state index in [2.05, 4.69) is 28.1 Å². The zero-order valence-electron chi connectivity index (χ0n) is 16.3. The summed E-state index contributed by atoms with van der Waals surface area (Å²) >= 11 is 1.73. The third-order valence-electron chi connectivity index (χ3n) is 6.22. The largest absolute Gasteiger partial charge is 0.386 e. The van der Waals surface area contributed by atoms with Crippen LogP contribution in [-0.2, 0) is 4.79 Å². The van der Waals surface area contributed by atoms with E-state index in [1.54, 1.807) is 18.8 Å². The minimum absolute atomic E-state index is 0.0652. The smallest absolute Gasteiger partial charge is 0.237 e. The zero-order chi connectivity index (χ0) is 19.2. The first-order chi connectivity index (χ1) is 13.1. The van der Waals surface area contributed by atoms with Gasteiger partial charge in [0.15, 0.2) is 0 Å². The number of piperidine rings is 1. The molecule has 5 N–H and O–H groups in total. The van der Waals surface area contributed by atoms with Crippen LogP contribution in [0.5, 0.6) is 0 Å². The van der Waals surface area contributed by atoms with Crippen LogP contribution in [0.1, 0.15) is 32.1 Å². The molecule has 3 rings (SSSR count). The van der Waals surface area contributed by atoms with Crippen LogP contribution in [0.15, 0.2) is 35.2 Å². The summed E-state index contributed by atoms with van der Waals surface area (Å²) < 4.78 is 0. The normalized spacial score (nSPS) is 28.2. The van der Waals surface area contributed by atoms with Crippen molar-refractivity contribution in [1.82, 2.24) is 10.2 Å². The van der Waals surface area contributed by atoms with Gasteiger partial charge in [-0.1, -0.05) is 37.5 Å². The van der Waals surface area contributed by atoms with Crippen molar-refractivity contribution in [2.45, 2.75) is 55.2 Å². The summed E-state index contributed by atoms with van der Waals surface area (Å²) in [6, 6.07) is 10.0. The first-order valence-electron chi connectivity index (χ1n) is 10.2. The molecular weight excluding hydrogens is 358 g/mol. The molecule has 1 aliphatic carbocycles. The molecule has 0 spiro atoms. The number of aliphatic hydroxyl groups excluding tert-OH is 1. The van der Waals surface area contributed by atoms with Crippen LogP contribution in [0.3, 0.4) is 0 Å². The minimum Gasteiger partial charge on any atom is -0.386 e. The molecule has 2 fully saturated rings. The number of nitrogens with zero attached hydrogens (tertiary/aromatic N) is 1. The molecule has 150 valence electrons. The van der Waals surface area contributed by atoms with Gasteiger partial charge in [-0.3, -0.25) is 9.69 Å². The number of thioether (sulfide) groups is 1. The quantitative estimate of drug-likeness (QED) is 0.613. The zero-order valence-corrected chi connectivity index (χ0v) is 17.2. The molecule has 1 saturated heterocycles. The number of likely N-dealkylation sites (tertiary alicyclic amines) is 1. The highest BCUT2D eigenvalue weighted by Gasteiger charge is 2.40. The molecule has 0 aromatic heterocycles. The van der Waals surface area contributed by atoms with Gasteiger partial charge in [-0.05, 0) is 36.8 Å². The van der Waals surface area contributed by atoms with Crippen LogP contribution in [0.25, 0.3) is 0 Å². The van der Waals surface area contributed by atoms with Crippen LogP contribution >= 0.6 is 11.8 Å². The van der Waals surface area contributed by atoms with Gasteiger partial charge in [-0.25, -0.2) is 0 Å². The lowest BCUT2D eigenvalue weighted by Gasteiger charge is -2.46. The number of aliphatic hydroxyl groups is 1. The first kappa shape index (κ1) is 20.6. The Morgan fingerprint density at radius 2 is 2.00 bits per heavy atom. The molecule has 1 heterocycles. The van der Waals surface area contributed by atoms with E-state index in [-0.39, 0.29) is 18.0 Å². The molecule has 6 heteroatoms. The van der Waals surface area contributed by atoms with Crippen LogP contribution in [0.2, 0.25) is 0 Å². The molecule has 1 aliphatic heterocycles. The summed E-state index contributed by atoms with van der Waals surface area (Å²) in [5.41, 5.74) is 4.19. The molecule has 5 atom stereocenters. The average Bonchev–Trinajstić information content (AvgIpc) is 2.71. The second kappa shape index (κ2) is 9.92. The molecule has 27 heavy (non-hydrogen) atoms. The maximum absolute atomic E-state index is 12.5. The Hall–Kier alpha value is -1.08. The fourth-order valence-electron chi connectivity index (χ4n) is 4.56. The van der Waals surface area contributed by atoms with Gasteiger partial charge >= 0.3 is 0 Å². The van der Waals surface area contributed by atoms with Crippen LogP contribution in [0.4, 0.5) is 0 Å². The SMILES string of the molecule is CNC(=O)C1CC2CCCCC2CN1CC(O)[C@@H]([NH3+])CSc1ccccc1. The summed E-state index contributed by atoms with van der Waals surface area (Å²) in [6.45, 7) is 1.46. The molecule has 0 radical (unpaired) electrons. The number of carbonyl (C=O) groups is 1. The van der Waals surface area contributed by atoms with Crippen molar-refractivity contribution in [3.05, 3.63) is 30.3 Å². The summed E-state index contributed by atoms with van der Waals surface area (Å²) in [5.74, 6) is 2.20. The maximum atomic E-state index is 12.5. The Bertz CT molecular complexity index is 600. The maximum Gasteiger partial charge on any atom is 0.237 e. The lowest BCUT2D eigenvalue weighted by molar-refractivity contribution is -0.430. The van der Waals surface area contributed by atoms with E-state index in [9.17, 15) is 9.90 Å². The van der Waals surface area contributed by atoms with Gasteiger partial charge < -0.3 is 16.2 Å². The van der Waals surface area contributed by atoms with E-state index in [4.69, 9.17) is 0 Å². The second-order valence-corrected chi connectivity index (χ2v) is 9.17. The number of benzene rings is 1. The van der Waals surface area contributed by atoms with E-state index >= 15 is 0 Å². The van der Waals surface area contributed by atoms with Gasteiger partial charge in [-0.2, -0.15) is 0 Å². The molecule has 1 aromatic rings. The third kappa shape index (κ3) is 5.47. The molecular formula is C21H34N3O2S+. The topological polar surface area (TPSA) is 80.2 Å². The highest BCUT2D eigenvalue weighted by molar-refractivity contribution is 7.99. The summed E-state index contributed by atoms with van der Waals surface area (Å²) in [6.07, 6.45) is 5.51. The van der Waals surface area contributed by atoms with Gasteiger partial charge in [0.25, 0.3) is 0 Å². The van der Waals surface area contributed by atoms with Crippen molar-refractivity contribution in [1.29, 1.82) is 0 Å². The predicted octanol–water partition coefficient (Wildman–Crippen LogP) is 1.38. The number of rotatable bonds is 7. The number of likely N-dealkylation sites (N-methyl/N-ethyl adjacent to an activating group) is 1. The fraction of sp³-hybridized carbons (Fsp3) is 0.667. The lowest BCUT2D eigenvalue weighted by atomic mass is 9.72.